The van der Waals surface area contributed by atoms with E-state index < -0.39 is 5.92 Å². The van der Waals surface area contributed by atoms with Crippen molar-refractivity contribution in [3.8, 4) is 0 Å². The van der Waals surface area contributed by atoms with Crippen LogP contribution < -0.4 is 10.6 Å². The molecule has 0 bridgehead atoms. The second-order valence-corrected chi connectivity index (χ2v) is 7.27. The molecule has 0 radical (unpaired) electrons. The number of hydrogen-bond acceptors (Lipinski definition) is 3. The highest BCUT2D eigenvalue weighted by Crippen LogP contribution is 2.25. The lowest BCUT2D eigenvalue weighted by Gasteiger charge is -2.22. The lowest BCUT2D eigenvalue weighted by molar-refractivity contribution is -0.133. The first-order valence-electron chi connectivity index (χ1n) is 9.37. The van der Waals surface area contributed by atoms with Gasteiger partial charge in [-0.3, -0.25) is 14.4 Å². The zero-order valence-electron chi connectivity index (χ0n) is 16.5. The Balaban J connectivity index is 2.19. The van der Waals surface area contributed by atoms with Gasteiger partial charge < -0.3 is 15.6 Å². The fourth-order valence-electron chi connectivity index (χ4n) is 3.44. The van der Waals surface area contributed by atoms with Gasteiger partial charge in [0.15, 0.2) is 0 Å². The number of carbonyl (C=O) groups excluding carboxylic acids is 3. The predicted octanol–water partition coefficient (Wildman–Crippen LogP) is 2.44. The number of benzene rings is 1. The largest absolute Gasteiger partial charge is 0.361 e. The van der Waals surface area contributed by atoms with E-state index in [9.17, 15) is 14.4 Å². The third-order valence-corrected chi connectivity index (χ3v) is 5.11. The van der Waals surface area contributed by atoms with E-state index in [1.165, 1.54) is 0 Å². The van der Waals surface area contributed by atoms with Gasteiger partial charge in [-0.15, -0.1) is 0 Å². The standard InChI is InChI=1S/C21H29N3O3/c1-13(2)17(11-20(26)22-3)19(25)10-14(21(27)23-4)9-15-12-24-18-8-6-5-7-16(15)18/h5-8,12-14,17,24H,9-11H2,1-4H3,(H,22,26)(H,23,27)/t14-,17-/m1/s1. The number of hydrogen-bond donors (Lipinski definition) is 3. The van der Waals surface area contributed by atoms with E-state index >= 15 is 0 Å². The molecule has 146 valence electrons. The van der Waals surface area contributed by atoms with Gasteiger partial charge in [0.1, 0.15) is 5.78 Å². The number of ketones is 1. The summed E-state index contributed by atoms with van der Waals surface area (Å²) in [7, 11) is 3.15. The average Bonchev–Trinajstić information content (AvgIpc) is 3.07. The van der Waals surface area contributed by atoms with Crippen LogP contribution in [0.15, 0.2) is 30.5 Å². The molecule has 0 aliphatic heterocycles. The Labute approximate surface area is 160 Å². The van der Waals surface area contributed by atoms with Crippen molar-refractivity contribution < 1.29 is 14.4 Å². The normalized spacial score (nSPS) is 13.4. The van der Waals surface area contributed by atoms with Crippen molar-refractivity contribution in [1.82, 2.24) is 15.6 Å². The molecule has 0 saturated carbocycles. The van der Waals surface area contributed by atoms with E-state index in [1.54, 1.807) is 14.1 Å². The molecule has 1 aromatic carbocycles. The average molecular weight is 371 g/mol. The zero-order chi connectivity index (χ0) is 20.0. The topological polar surface area (TPSA) is 91.1 Å². The molecule has 1 aromatic heterocycles. The lowest BCUT2D eigenvalue weighted by Crippen LogP contribution is -2.34. The van der Waals surface area contributed by atoms with Crippen LogP contribution in [0.25, 0.3) is 10.9 Å². The minimum atomic E-state index is -0.465. The van der Waals surface area contributed by atoms with Crippen molar-refractivity contribution >= 4 is 28.5 Å². The Kier molecular flexibility index (Phi) is 7.16. The number of nitrogens with one attached hydrogen (secondary N) is 3. The number of Topliss-reactive ketones (excluding diaryl/α,β-unsaturated/α-hetero) is 1. The predicted molar refractivity (Wildman–Crippen MR) is 106 cm³/mol. The molecule has 0 spiro atoms. The Morgan fingerprint density at radius 3 is 2.37 bits per heavy atom. The summed E-state index contributed by atoms with van der Waals surface area (Å²) in [6.45, 7) is 3.86. The van der Waals surface area contributed by atoms with E-state index in [2.05, 4.69) is 15.6 Å². The summed E-state index contributed by atoms with van der Waals surface area (Å²) in [6.07, 6.45) is 2.65. The summed E-state index contributed by atoms with van der Waals surface area (Å²) in [4.78, 5) is 40.3. The van der Waals surface area contributed by atoms with E-state index in [1.807, 2.05) is 44.3 Å². The van der Waals surface area contributed by atoms with Gasteiger partial charge in [0.05, 0.1) is 0 Å². The number of aromatic nitrogens is 1. The van der Waals surface area contributed by atoms with Crippen molar-refractivity contribution in [3.63, 3.8) is 0 Å². The fourth-order valence-corrected chi connectivity index (χ4v) is 3.44. The van der Waals surface area contributed by atoms with Crippen molar-refractivity contribution in [2.45, 2.75) is 33.1 Å². The van der Waals surface area contributed by atoms with Gasteiger partial charge in [0.2, 0.25) is 11.8 Å². The zero-order valence-corrected chi connectivity index (χ0v) is 16.5. The molecule has 2 rings (SSSR count). The lowest BCUT2D eigenvalue weighted by atomic mass is 9.82. The van der Waals surface area contributed by atoms with Gasteiger partial charge in [0, 0.05) is 55.9 Å². The first-order chi connectivity index (χ1) is 12.9. The molecule has 3 N–H and O–H groups in total. The molecule has 2 amide bonds. The van der Waals surface area contributed by atoms with Crippen molar-refractivity contribution in [2.75, 3.05) is 14.1 Å². The van der Waals surface area contributed by atoms with Gasteiger partial charge in [-0.25, -0.2) is 0 Å². The first-order valence-corrected chi connectivity index (χ1v) is 9.37. The second kappa shape index (κ2) is 9.35. The van der Waals surface area contributed by atoms with Crippen molar-refractivity contribution in [1.29, 1.82) is 0 Å². The number of amides is 2. The smallest absolute Gasteiger partial charge is 0.223 e. The van der Waals surface area contributed by atoms with Crippen LogP contribution in [-0.2, 0) is 20.8 Å². The number of para-hydroxylation sites is 1. The highest BCUT2D eigenvalue weighted by Gasteiger charge is 2.29. The molecule has 6 nitrogen and oxygen atoms in total. The summed E-state index contributed by atoms with van der Waals surface area (Å²) in [5, 5.41) is 6.30. The molecule has 27 heavy (non-hydrogen) atoms. The summed E-state index contributed by atoms with van der Waals surface area (Å²) in [5.74, 6) is -1.17. The van der Waals surface area contributed by atoms with Crippen molar-refractivity contribution in [2.24, 2.45) is 17.8 Å². The van der Waals surface area contributed by atoms with Gasteiger partial charge in [-0.2, -0.15) is 0 Å². The van der Waals surface area contributed by atoms with E-state index in [4.69, 9.17) is 0 Å². The molecule has 6 heteroatoms. The summed E-state index contributed by atoms with van der Waals surface area (Å²) in [6, 6.07) is 7.90. The summed E-state index contributed by atoms with van der Waals surface area (Å²) >= 11 is 0. The maximum atomic E-state index is 12.9. The highest BCUT2D eigenvalue weighted by atomic mass is 16.2. The van der Waals surface area contributed by atoms with E-state index in [0.29, 0.717) is 6.42 Å². The Hall–Kier alpha value is -2.63. The van der Waals surface area contributed by atoms with Crippen LogP contribution in [0.4, 0.5) is 0 Å². The quantitative estimate of drug-likeness (QED) is 0.632. The molecule has 0 unspecified atom stereocenters. The van der Waals surface area contributed by atoms with E-state index in [-0.39, 0.29) is 42.3 Å². The van der Waals surface area contributed by atoms with Gasteiger partial charge in [-0.1, -0.05) is 32.0 Å². The fraction of sp³-hybridized carbons (Fsp3) is 0.476. The molecule has 0 saturated heterocycles. The minimum absolute atomic E-state index is 0.0354. The number of aromatic amines is 1. The van der Waals surface area contributed by atoms with Crippen molar-refractivity contribution in [3.05, 3.63) is 36.0 Å². The first kappa shape index (κ1) is 20.7. The SMILES string of the molecule is CNC(=O)C[C@@H](C(=O)C[C@@H](Cc1c[nH]c2ccccc12)C(=O)NC)C(C)C. The maximum absolute atomic E-state index is 12.9. The Morgan fingerprint density at radius 2 is 1.74 bits per heavy atom. The van der Waals surface area contributed by atoms with E-state index in [0.717, 1.165) is 16.5 Å². The molecule has 2 atom stereocenters. The highest BCUT2D eigenvalue weighted by molar-refractivity contribution is 5.91. The van der Waals surface area contributed by atoms with Crippen LogP contribution in [0.2, 0.25) is 0 Å². The molecule has 1 heterocycles. The number of rotatable bonds is 9. The Morgan fingerprint density at radius 1 is 1.04 bits per heavy atom. The Bertz CT molecular complexity index is 810. The molecule has 0 fully saturated rings. The number of carbonyl (C=O) groups is 3. The van der Waals surface area contributed by atoms with Crippen LogP contribution in [0.1, 0.15) is 32.3 Å². The minimum Gasteiger partial charge on any atom is -0.361 e. The van der Waals surface area contributed by atoms with Gasteiger partial charge in [-0.05, 0) is 24.0 Å². The van der Waals surface area contributed by atoms with Gasteiger partial charge in [0.25, 0.3) is 0 Å². The van der Waals surface area contributed by atoms with Crippen LogP contribution in [0, 0.1) is 17.8 Å². The van der Waals surface area contributed by atoms with Crippen LogP contribution in [-0.4, -0.2) is 36.7 Å². The second-order valence-electron chi connectivity index (χ2n) is 7.27. The van der Waals surface area contributed by atoms with Gasteiger partial charge >= 0.3 is 0 Å². The third-order valence-electron chi connectivity index (χ3n) is 5.11. The monoisotopic (exact) mass is 371 g/mol. The van der Waals surface area contributed by atoms with Crippen LogP contribution >= 0.6 is 0 Å². The number of fused-ring (bicyclic) bond motifs is 1. The molecule has 0 aliphatic rings. The molecular formula is C21H29N3O3. The van der Waals surface area contributed by atoms with Crippen LogP contribution in [0.5, 0.6) is 0 Å². The maximum Gasteiger partial charge on any atom is 0.223 e. The summed E-state index contributed by atoms with van der Waals surface area (Å²) in [5.41, 5.74) is 2.02. The van der Waals surface area contributed by atoms with Crippen LogP contribution in [0.3, 0.4) is 0 Å². The molecule has 0 aliphatic carbocycles. The molecule has 2 aromatic rings. The summed E-state index contributed by atoms with van der Waals surface area (Å²) < 4.78 is 0. The number of H-pyrrole nitrogens is 1. The molecular weight excluding hydrogens is 342 g/mol. The third kappa shape index (κ3) is 5.18.